The molecule has 0 aliphatic rings. The molecule has 0 saturated carbocycles. The highest BCUT2D eigenvalue weighted by atomic mass is 127. The van der Waals surface area contributed by atoms with Crippen molar-refractivity contribution in [1.82, 2.24) is 15.5 Å². The monoisotopic (exact) mass is 506 g/mol. The molecule has 0 unspecified atom stereocenters. The third-order valence-corrected chi connectivity index (χ3v) is 4.23. The molecule has 0 spiro atoms. The molecule has 0 aromatic heterocycles. The van der Waals surface area contributed by atoms with Crippen LogP contribution in [0, 0.1) is 5.92 Å². The van der Waals surface area contributed by atoms with E-state index in [4.69, 9.17) is 9.47 Å². The van der Waals surface area contributed by atoms with E-state index in [1.807, 2.05) is 18.2 Å². The summed E-state index contributed by atoms with van der Waals surface area (Å²) in [5, 5.41) is 6.63. The predicted octanol–water partition coefficient (Wildman–Crippen LogP) is 3.74. The van der Waals surface area contributed by atoms with Gasteiger partial charge in [-0.3, -0.25) is 0 Å². The molecule has 0 saturated heterocycles. The Morgan fingerprint density at radius 3 is 2.39 bits per heavy atom. The number of likely N-dealkylation sites (N-methyl/N-ethyl adjacent to an activating group) is 1. The van der Waals surface area contributed by atoms with Crippen LogP contribution < -0.4 is 20.1 Å². The SMILES string of the molecule is CCNC(=NCc1ccc(OCCN(CC)CC)c(OC)c1)NCC(C)C.I. The van der Waals surface area contributed by atoms with Crippen LogP contribution in [-0.4, -0.2) is 57.3 Å². The Kier molecular flexibility index (Phi) is 15.0. The average molecular weight is 506 g/mol. The highest BCUT2D eigenvalue weighted by Gasteiger charge is 2.07. The van der Waals surface area contributed by atoms with Crippen molar-refractivity contribution in [3.63, 3.8) is 0 Å². The van der Waals surface area contributed by atoms with Crippen LogP contribution >= 0.6 is 24.0 Å². The predicted molar refractivity (Wildman–Crippen MR) is 129 cm³/mol. The van der Waals surface area contributed by atoms with Gasteiger partial charge < -0.3 is 25.0 Å². The van der Waals surface area contributed by atoms with Crippen molar-refractivity contribution in [2.75, 3.05) is 46.4 Å². The first kappa shape index (κ1) is 26.8. The number of hydrogen-bond donors (Lipinski definition) is 2. The maximum Gasteiger partial charge on any atom is 0.191 e. The summed E-state index contributed by atoms with van der Waals surface area (Å²) in [5.41, 5.74) is 1.09. The first-order valence-corrected chi connectivity index (χ1v) is 10.1. The van der Waals surface area contributed by atoms with Gasteiger partial charge in [-0.1, -0.05) is 33.8 Å². The number of ether oxygens (including phenoxy) is 2. The number of guanidine groups is 1. The zero-order valence-electron chi connectivity index (χ0n) is 18.4. The quantitative estimate of drug-likeness (QED) is 0.257. The molecule has 28 heavy (non-hydrogen) atoms. The minimum absolute atomic E-state index is 0. The molecule has 0 amide bonds. The Labute approximate surface area is 188 Å². The van der Waals surface area contributed by atoms with Gasteiger partial charge in [-0.15, -0.1) is 24.0 Å². The summed E-state index contributed by atoms with van der Waals surface area (Å²) >= 11 is 0. The summed E-state index contributed by atoms with van der Waals surface area (Å²) in [5.74, 6) is 2.94. The standard InChI is InChI=1S/C21H38N4O2.HI/c1-7-22-21(23-15-17(4)5)24-16-18-10-11-19(20(14-18)26-6)27-13-12-25(8-2)9-3;/h10-11,14,17H,7-9,12-13,15-16H2,1-6H3,(H2,22,23,24);1H. The second-order valence-corrected chi connectivity index (χ2v) is 6.83. The van der Waals surface area contributed by atoms with Crippen LogP contribution in [0.25, 0.3) is 0 Å². The van der Waals surface area contributed by atoms with Crippen molar-refractivity contribution in [2.45, 2.75) is 41.2 Å². The lowest BCUT2D eigenvalue weighted by atomic mass is 10.2. The molecule has 0 atom stereocenters. The molecule has 0 bridgehead atoms. The summed E-state index contributed by atoms with van der Waals surface area (Å²) < 4.78 is 11.4. The van der Waals surface area contributed by atoms with Gasteiger partial charge in [0.2, 0.25) is 0 Å². The number of hydrogen-bond acceptors (Lipinski definition) is 4. The van der Waals surface area contributed by atoms with Gasteiger partial charge in [0, 0.05) is 19.6 Å². The number of methoxy groups -OCH3 is 1. The number of rotatable bonds is 12. The Balaban J connectivity index is 0.00000729. The summed E-state index contributed by atoms with van der Waals surface area (Å²) in [6.07, 6.45) is 0. The van der Waals surface area contributed by atoms with Crippen LogP contribution in [0.1, 0.15) is 40.2 Å². The molecule has 162 valence electrons. The van der Waals surface area contributed by atoms with E-state index in [0.29, 0.717) is 19.1 Å². The van der Waals surface area contributed by atoms with Gasteiger partial charge in [-0.2, -0.15) is 0 Å². The van der Waals surface area contributed by atoms with Crippen molar-refractivity contribution in [1.29, 1.82) is 0 Å². The molecule has 0 aliphatic carbocycles. The largest absolute Gasteiger partial charge is 0.493 e. The molecule has 1 aromatic rings. The molecular formula is C21H39IN4O2. The van der Waals surface area contributed by atoms with Gasteiger partial charge in [0.25, 0.3) is 0 Å². The van der Waals surface area contributed by atoms with E-state index in [0.717, 1.165) is 55.7 Å². The number of aliphatic imine (C=N–C) groups is 1. The Morgan fingerprint density at radius 1 is 1.11 bits per heavy atom. The minimum Gasteiger partial charge on any atom is -0.493 e. The summed E-state index contributed by atoms with van der Waals surface area (Å²) in [6, 6.07) is 6.02. The Hall–Kier alpha value is -1.22. The molecule has 0 fully saturated rings. The first-order chi connectivity index (χ1) is 13.0. The van der Waals surface area contributed by atoms with Gasteiger partial charge in [0.1, 0.15) is 6.61 Å². The van der Waals surface area contributed by atoms with Crippen molar-refractivity contribution in [3.05, 3.63) is 23.8 Å². The van der Waals surface area contributed by atoms with E-state index < -0.39 is 0 Å². The first-order valence-electron chi connectivity index (χ1n) is 10.1. The van der Waals surface area contributed by atoms with Crippen molar-refractivity contribution >= 4 is 29.9 Å². The fourth-order valence-corrected chi connectivity index (χ4v) is 2.57. The van der Waals surface area contributed by atoms with Gasteiger partial charge >= 0.3 is 0 Å². The van der Waals surface area contributed by atoms with Crippen LogP contribution in [0.5, 0.6) is 11.5 Å². The van der Waals surface area contributed by atoms with E-state index in [1.165, 1.54) is 0 Å². The van der Waals surface area contributed by atoms with Gasteiger partial charge in [-0.05, 0) is 43.6 Å². The normalized spacial score (nSPS) is 11.4. The van der Waals surface area contributed by atoms with Crippen molar-refractivity contribution < 1.29 is 9.47 Å². The molecule has 0 radical (unpaired) electrons. The fraction of sp³-hybridized carbons (Fsp3) is 0.667. The third kappa shape index (κ3) is 10.4. The molecule has 1 aromatic carbocycles. The number of halogens is 1. The molecule has 0 aliphatic heterocycles. The third-order valence-electron chi connectivity index (χ3n) is 4.23. The van der Waals surface area contributed by atoms with Crippen LogP contribution in [0.15, 0.2) is 23.2 Å². The topological polar surface area (TPSA) is 58.1 Å². The van der Waals surface area contributed by atoms with Crippen LogP contribution in [0.3, 0.4) is 0 Å². The lowest BCUT2D eigenvalue weighted by molar-refractivity contribution is 0.217. The Morgan fingerprint density at radius 2 is 1.82 bits per heavy atom. The molecule has 2 N–H and O–H groups in total. The van der Waals surface area contributed by atoms with Crippen LogP contribution in [0.2, 0.25) is 0 Å². The Bertz CT molecular complexity index is 563. The second-order valence-electron chi connectivity index (χ2n) is 6.83. The highest BCUT2D eigenvalue weighted by Crippen LogP contribution is 2.28. The summed E-state index contributed by atoms with van der Waals surface area (Å²) in [4.78, 5) is 6.99. The molecule has 7 heteroatoms. The van der Waals surface area contributed by atoms with Crippen molar-refractivity contribution in [2.24, 2.45) is 10.9 Å². The second kappa shape index (κ2) is 15.7. The van der Waals surface area contributed by atoms with E-state index in [1.54, 1.807) is 7.11 Å². The van der Waals surface area contributed by atoms with E-state index in [2.05, 4.69) is 55.1 Å². The van der Waals surface area contributed by atoms with Gasteiger partial charge in [0.05, 0.1) is 13.7 Å². The number of nitrogens with zero attached hydrogens (tertiary/aromatic N) is 2. The minimum atomic E-state index is 0. The zero-order valence-corrected chi connectivity index (χ0v) is 20.7. The highest BCUT2D eigenvalue weighted by molar-refractivity contribution is 14.0. The average Bonchev–Trinajstić information content (AvgIpc) is 2.67. The van der Waals surface area contributed by atoms with Gasteiger partial charge in [0.15, 0.2) is 17.5 Å². The van der Waals surface area contributed by atoms with Gasteiger partial charge in [-0.25, -0.2) is 4.99 Å². The van der Waals surface area contributed by atoms with Crippen LogP contribution in [-0.2, 0) is 6.54 Å². The fourth-order valence-electron chi connectivity index (χ4n) is 2.57. The summed E-state index contributed by atoms with van der Waals surface area (Å²) in [7, 11) is 1.67. The smallest absolute Gasteiger partial charge is 0.191 e. The summed E-state index contributed by atoms with van der Waals surface area (Å²) in [6.45, 7) is 16.7. The van der Waals surface area contributed by atoms with Crippen LogP contribution in [0.4, 0.5) is 0 Å². The number of benzene rings is 1. The maximum absolute atomic E-state index is 5.92. The molecule has 1 rings (SSSR count). The molecular weight excluding hydrogens is 467 g/mol. The zero-order chi connectivity index (χ0) is 20.1. The van der Waals surface area contributed by atoms with E-state index >= 15 is 0 Å². The molecule has 6 nitrogen and oxygen atoms in total. The van der Waals surface area contributed by atoms with Crippen molar-refractivity contribution in [3.8, 4) is 11.5 Å². The number of nitrogens with one attached hydrogen (secondary N) is 2. The lowest BCUT2D eigenvalue weighted by Gasteiger charge is -2.19. The maximum atomic E-state index is 5.92. The lowest BCUT2D eigenvalue weighted by Crippen LogP contribution is -2.39. The van der Waals surface area contributed by atoms with E-state index in [-0.39, 0.29) is 24.0 Å². The molecule has 0 heterocycles. The van der Waals surface area contributed by atoms with E-state index in [9.17, 15) is 0 Å².